The molecule has 0 N–H and O–H groups in total. The lowest BCUT2D eigenvalue weighted by molar-refractivity contribution is 0.357. The van der Waals surface area contributed by atoms with E-state index in [1.807, 2.05) is 60.7 Å². The first-order valence-corrected chi connectivity index (χ1v) is 5.81. The van der Waals surface area contributed by atoms with Crippen LogP contribution in [0.2, 0.25) is 0 Å². The molecule has 0 bridgehead atoms. The normalized spacial score (nSPS) is 14.4. The Bertz CT molecular complexity index is 533. The second-order valence-electron chi connectivity index (χ2n) is 3.97. The summed E-state index contributed by atoms with van der Waals surface area (Å²) >= 11 is 0. The Labute approximate surface area is 105 Å². The topological polar surface area (TPSA) is 34.0 Å². The van der Waals surface area contributed by atoms with Crippen molar-refractivity contribution in [1.82, 2.24) is 0 Å². The summed E-state index contributed by atoms with van der Waals surface area (Å²) in [5.74, 6) is 0.579. The van der Waals surface area contributed by atoms with E-state index in [0.717, 1.165) is 16.8 Å². The molecule has 0 aliphatic carbocycles. The van der Waals surface area contributed by atoms with Crippen LogP contribution in [-0.2, 0) is 4.74 Å². The summed E-state index contributed by atoms with van der Waals surface area (Å²) in [4.78, 5) is 0. The second-order valence-corrected chi connectivity index (χ2v) is 3.97. The fourth-order valence-corrected chi connectivity index (χ4v) is 1.79. The average molecular weight is 236 g/mol. The smallest absolute Gasteiger partial charge is 0.241 e. The van der Waals surface area contributed by atoms with Gasteiger partial charge in [0, 0.05) is 11.1 Å². The van der Waals surface area contributed by atoms with Gasteiger partial charge in [0.15, 0.2) is 0 Å². The van der Waals surface area contributed by atoms with Gasteiger partial charge in [0.25, 0.3) is 0 Å². The molecule has 1 heterocycles. The first-order chi connectivity index (χ1) is 8.93. The molecule has 3 rings (SSSR count). The lowest BCUT2D eigenvalue weighted by atomic mass is 10.1. The lowest BCUT2D eigenvalue weighted by Gasteiger charge is -2.14. The molecule has 0 aromatic heterocycles. The molecule has 0 unspecified atom stereocenters. The number of hydrogen-bond donors (Lipinski definition) is 0. The maximum absolute atomic E-state index is 5.65. The van der Waals surface area contributed by atoms with Crippen LogP contribution in [0.1, 0.15) is 11.1 Å². The molecule has 0 spiro atoms. The van der Waals surface area contributed by atoms with E-state index >= 15 is 0 Å². The van der Waals surface area contributed by atoms with Crippen LogP contribution in [0.5, 0.6) is 0 Å². The lowest BCUT2D eigenvalue weighted by Crippen LogP contribution is -2.19. The van der Waals surface area contributed by atoms with Crippen molar-refractivity contribution in [3.63, 3.8) is 0 Å². The van der Waals surface area contributed by atoms with Crippen LogP contribution < -0.4 is 0 Å². The van der Waals surface area contributed by atoms with Gasteiger partial charge in [0.05, 0.1) is 0 Å². The summed E-state index contributed by atoms with van der Waals surface area (Å²) in [7, 11) is 0. The van der Waals surface area contributed by atoms with Crippen LogP contribution >= 0.6 is 0 Å². The maximum Gasteiger partial charge on any atom is 0.241 e. The number of hydrogen-bond acceptors (Lipinski definition) is 3. The fourth-order valence-electron chi connectivity index (χ4n) is 1.79. The van der Waals surface area contributed by atoms with Gasteiger partial charge in [-0.15, -0.1) is 10.2 Å². The molecule has 2 aromatic carbocycles. The van der Waals surface area contributed by atoms with E-state index in [1.54, 1.807) is 0 Å². The molecule has 0 saturated carbocycles. The van der Waals surface area contributed by atoms with E-state index in [0.29, 0.717) is 12.5 Å². The van der Waals surface area contributed by atoms with Crippen molar-refractivity contribution in [3.8, 4) is 0 Å². The molecular formula is C15H12N2O. The predicted octanol–water partition coefficient (Wildman–Crippen LogP) is 2.87. The van der Waals surface area contributed by atoms with Crippen molar-refractivity contribution in [2.24, 2.45) is 10.2 Å². The highest BCUT2D eigenvalue weighted by Gasteiger charge is 2.13. The fraction of sp³-hybridized carbons (Fsp3) is 0.0667. The Kier molecular flexibility index (Phi) is 2.88. The zero-order valence-corrected chi connectivity index (χ0v) is 9.78. The van der Waals surface area contributed by atoms with Crippen molar-refractivity contribution in [3.05, 3.63) is 71.8 Å². The molecule has 0 amide bonds. The molecule has 1 aliphatic rings. The highest BCUT2D eigenvalue weighted by atomic mass is 16.5. The molecule has 3 nitrogen and oxygen atoms in total. The monoisotopic (exact) mass is 236 g/mol. The SMILES string of the molecule is c1ccc(C2=NN=C(c3ccccc3)OC2)cc1. The molecule has 1 aliphatic heterocycles. The number of nitrogens with zero attached hydrogens (tertiary/aromatic N) is 2. The summed E-state index contributed by atoms with van der Waals surface area (Å²) < 4.78 is 5.65. The molecule has 0 fully saturated rings. The Morgan fingerprint density at radius 2 is 1.33 bits per heavy atom. The van der Waals surface area contributed by atoms with E-state index in [1.165, 1.54) is 0 Å². The van der Waals surface area contributed by atoms with Gasteiger partial charge in [0.1, 0.15) is 12.3 Å². The summed E-state index contributed by atoms with van der Waals surface area (Å²) in [5, 5.41) is 8.38. The molecule has 0 atom stereocenters. The van der Waals surface area contributed by atoms with Crippen molar-refractivity contribution in [2.75, 3.05) is 6.61 Å². The summed E-state index contributed by atoms with van der Waals surface area (Å²) in [6.07, 6.45) is 0. The largest absolute Gasteiger partial charge is 0.470 e. The van der Waals surface area contributed by atoms with E-state index in [9.17, 15) is 0 Å². The van der Waals surface area contributed by atoms with Gasteiger partial charge in [-0.25, -0.2) is 0 Å². The first kappa shape index (κ1) is 10.7. The zero-order chi connectivity index (χ0) is 12.2. The minimum Gasteiger partial charge on any atom is -0.470 e. The zero-order valence-electron chi connectivity index (χ0n) is 9.78. The summed E-state index contributed by atoms with van der Waals surface area (Å²) in [5.41, 5.74) is 2.86. The molecule has 18 heavy (non-hydrogen) atoms. The highest BCUT2D eigenvalue weighted by molar-refractivity contribution is 6.05. The van der Waals surface area contributed by atoms with Crippen LogP contribution in [0.3, 0.4) is 0 Å². The Balaban J connectivity index is 1.88. The molecule has 88 valence electrons. The molecular weight excluding hydrogens is 224 g/mol. The number of ether oxygens (including phenoxy) is 1. The minimum absolute atomic E-state index is 0.456. The Morgan fingerprint density at radius 1 is 0.722 bits per heavy atom. The summed E-state index contributed by atoms with van der Waals surface area (Å²) in [6.45, 7) is 0.456. The first-order valence-electron chi connectivity index (χ1n) is 5.81. The average Bonchev–Trinajstić information content (AvgIpc) is 2.49. The van der Waals surface area contributed by atoms with E-state index < -0.39 is 0 Å². The van der Waals surface area contributed by atoms with Gasteiger partial charge in [-0.1, -0.05) is 48.5 Å². The van der Waals surface area contributed by atoms with Gasteiger partial charge in [-0.3, -0.25) is 0 Å². The van der Waals surface area contributed by atoms with Crippen molar-refractivity contribution in [1.29, 1.82) is 0 Å². The van der Waals surface area contributed by atoms with Crippen molar-refractivity contribution < 1.29 is 4.74 Å². The predicted molar refractivity (Wildman–Crippen MR) is 71.9 cm³/mol. The van der Waals surface area contributed by atoms with Gasteiger partial charge >= 0.3 is 0 Å². The standard InChI is InChI=1S/C15H12N2O/c1-3-7-12(8-4-1)14-11-18-15(17-16-14)13-9-5-2-6-10-13/h1-10H,11H2. The molecule has 0 radical (unpaired) electrons. The third kappa shape index (κ3) is 2.15. The van der Waals surface area contributed by atoms with Crippen LogP contribution in [0.4, 0.5) is 0 Å². The van der Waals surface area contributed by atoms with Crippen LogP contribution in [0, 0.1) is 0 Å². The van der Waals surface area contributed by atoms with Crippen molar-refractivity contribution in [2.45, 2.75) is 0 Å². The van der Waals surface area contributed by atoms with Crippen LogP contribution in [-0.4, -0.2) is 18.2 Å². The maximum atomic E-state index is 5.65. The molecule has 0 saturated heterocycles. The highest BCUT2D eigenvalue weighted by Crippen LogP contribution is 2.10. The van der Waals surface area contributed by atoms with E-state index in [4.69, 9.17) is 4.74 Å². The quantitative estimate of drug-likeness (QED) is 0.789. The van der Waals surface area contributed by atoms with Crippen LogP contribution in [0.25, 0.3) is 0 Å². The Hall–Kier alpha value is -2.42. The summed E-state index contributed by atoms with van der Waals surface area (Å²) in [6, 6.07) is 19.7. The second kappa shape index (κ2) is 4.84. The van der Waals surface area contributed by atoms with Crippen LogP contribution in [0.15, 0.2) is 70.9 Å². The molecule has 3 heteroatoms. The van der Waals surface area contributed by atoms with Gasteiger partial charge in [0.2, 0.25) is 5.90 Å². The van der Waals surface area contributed by atoms with Gasteiger partial charge < -0.3 is 4.74 Å². The van der Waals surface area contributed by atoms with Gasteiger partial charge in [-0.05, 0) is 12.1 Å². The Morgan fingerprint density at radius 3 is 1.89 bits per heavy atom. The number of rotatable bonds is 2. The van der Waals surface area contributed by atoms with E-state index in [-0.39, 0.29) is 0 Å². The third-order valence-corrected chi connectivity index (χ3v) is 2.73. The van der Waals surface area contributed by atoms with E-state index in [2.05, 4.69) is 10.2 Å². The van der Waals surface area contributed by atoms with Crippen molar-refractivity contribution >= 4 is 11.6 Å². The minimum atomic E-state index is 0.456. The van der Waals surface area contributed by atoms with Gasteiger partial charge in [-0.2, -0.15) is 0 Å². The third-order valence-electron chi connectivity index (χ3n) is 2.73. The number of benzene rings is 2. The molecule has 2 aromatic rings.